The van der Waals surface area contributed by atoms with Crippen LogP contribution in [0.2, 0.25) is 0 Å². The van der Waals surface area contributed by atoms with E-state index in [9.17, 15) is 9.59 Å². The first kappa shape index (κ1) is 16.8. The van der Waals surface area contributed by atoms with Gasteiger partial charge in [-0.1, -0.05) is 0 Å². The molecule has 0 spiro atoms. The third-order valence-electron chi connectivity index (χ3n) is 3.36. The number of benzene rings is 1. The third-order valence-corrected chi connectivity index (χ3v) is 3.36. The molecule has 0 unspecified atom stereocenters. The van der Waals surface area contributed by atoms with Crippen molar-refractivity contribution in [1.82, 2.24) is 4.90 Å². The number of rotatable bonds is 7. The topological polar surface area (TPSA) is 69.0 Å². The van der Waals surface area contributed by atoms with Crippen molar-refractivity contribution in [2.75, 3.05) is 27.4 Å². The van der Waals surface area contributed by atoms with Crippen molar-refractivity contribution in [3.63, 3.8) is 0 Å². The number of furan rings is 1. The Kier molecular flexibility index (Phi) is 5.94. The molecule has 6 nitrogen and oxygen atoms in total. The number of hydrogen-bond donors (Lipinski definition) is 0. The molecule has 1 amide bonds. The SMILES string of the molecule is COCCN(Cc1ccoc1)C(=O)c1ccc(C(=O)OC)cc1. The summed E-state index contributed by atoms with van der Waals surface area (Å²) < 4.78 is 14.7. The number of esters is 1. The lowest BCUT2D eigenvalue weighted by molar-refractivity contribution is 0.0599. The van der Waals surface area contributed by atoms with E-state index >= 15 is 0 Å². The number of carbonyl (C=O) groups is 2. The summed E-state index contributed by atoms with van der Waals surface area (Å²) in [5.41, 5.74) is 1.81. The number of hydrogen-bond acceptors (Lipinski definition) is 5. The lowest BCUT2D eigenvalue weighted by Gasteiger charge is -2.22. The first-order valence-corrected chi connectivity index (χ1v) is 7.13. The molecule has 0 saturated carbocycles. The van der Waals surface area contributed by atoms with Crippen LogP contribution >= 0.6 is 0 Å². The van der Waals surface area contributed by atoms with Crippen LogP contribution < -0.4 is 0 Å². The van der Waals surface area contributed by atoms with Crippen LogP contribution in [0.1, 0.15) is 26.3 Å². The molecule has 0 atom stereocenters. The van der Waals surface area contributed by atoms with Crippen molar-refractivity contribution in [3.05, 3.63) is 59.5 Å². The quantitative estimate of drug-likeness (QED) is 0.733. The van der Waals surface area contributed by atoms with Crippen LogP contribution in [0.5, 0.6) is 0 Å². The molecule has 0 N–H and O–H groups in total. The Balaban J connectivity index is 2.13. The Hall–Kier alpha value is -2.60. The molecule has 23 heavy (non-hydrogen) atoms. The molecule has 6 heteroatoms. The number of nitrogens with zero attached hydrogens (tertiary/aromatic N) is 1. The van der Waals surface area contributed by atoms with Crippen molar-refractivity contribution in [1.29, 1.82) is 0 Å². The number of amides is 1. The first-order valence-electron chi connectivity index (χ1n) is 7.13. The van der Waals surface area contributed by atoms with Crippen LogP contribution in [0.25, 0.3) is 0 Å². The molecule has 0 fully saturated rings. The Bertz CT molecular complexity index is 634. The van der Waals surface area contributed by atoms with Crippen LogP contribution in [0.4, 0.5) is 0 Å². The minimum Gasteiger partial charge on any atom is -0.472 e. The average molecular weight is 317 g/mol. The molecule has 0 radical (unpaired) electrons. The second-order valence-corrected chi connectivity index (χ2v) is 4.92. The summed E-state index contributed by atoms with van der Waals surface area (Å²) >= 11 is 0. The summed E-state index contributed by atoms with van der Waals surface area (Å²) in [4.78, 5) is 25.8. The maximum atomic E-state index is 12.7. The highest BCUT2D eigenvalue weighted by Gasteiger charge is 2.17. The van der Waals surface area contributed by atoms with Crippen molar-refractivity contribution in [3.8, 4) is 0 Å². The van der Waals surface area contributed by atoms with Gasteiger partial charge >= 0.3 is 5.97 Å². The minimum absolute atomic E-state index is 0.139. The van der Waals surface area contributed by atoms with E-state index in [1.165, 1.54) is 7.11 Å². The zero-order valence-electron chi connectivity index (χ0n) is 13.2. The summed E-state index contributed by atoms with van der Waals surface area (Å²) in [6.45, 7) is 1.32. The Labute approximate surface area is 134 Å². The van der Waals surface area contributed by atoms with Gasteiger partial charge in [-0.25, -0.2) is 4.79 Å². The Morgan fingerprint density at radius 1 is 1.09 bits per heavy atom. The Morgan fingerprint density at radius 2 is 1.78 bits per heavy atom. The molecule has 0 aliphatic rings. The number of methoxy groups -OCH3 is 2. The normalized spacial score (nSPS) is 10.3. The molecule has 122 valence electrons. The summed E-state index contributed by atoms with van der Waals surface area (Å²) in [6, 6.07) is 8.19. The fourth-order valence-corrected chi connectivity index (χ4v) is 2.11. The van der Waals surface area contributed by atoms with Crippen molar-refractivity contribution in [2.24, 2.45) is 0 Å². The Morgan fingerprint density at radius 3 is 2.35 bits per heavy atom. The summed E-state index contributed by atoms with van der Waals surface area (Å²) in [5, 5.41) is 0. The van der Waals surface area contributed by atoms with Crippen molar-refractivity contribution in [2.45, 2.75) is 6.54 Å². The highest BCUT2D eigenvalue weighted by atomic mass is 16.5. The molecular weight excluding hydrogens is 298 g/mol. The summed E-state index contributed by atoms with van der Waals surface area (Å²) in [7, 11) is 2.91. The summed E-state index contributed by atoms with van der Waals surface area (Å²) in [6.07, 6.45) is 3.17. The van der Waals surface area contributed by atoms with Gasteiger partial charge in [-0.15, -0.1) is 0 Å². The van der Waals surface area contributed by atoms with E-state index in [0.717, 1.165) is 5.56 Å². The zero-order chi connectivity index (χ0) is 16.7. The van der Waals surface area contributed by atoms with E-state index in [0.29, 0.717) is 30.8 Å². The van der Waals surface area contributed by atoms with Gasteiger partial charge in [0.25, 0.3) is 5.91 Å². The van der Waals surface area contributed by atoms with Crippen molar-refractivity contribution >= 4 is 11.9 Å². The lowest BCUT2D eigenvalue weighted by atomic mass is 10.1. The average Bonchev–Trinajstić information content (AvgIpc) is 3.10. The van der Waals surface area contributed by atoms with Crippen LogP contribution in [-0.4, -0.2) is 44.1 Å². The highest BCUT2D eigenvalue weighted by Crippen LogP contribution is 2.12. The van der Waals surface area contributed by atoms with Gasteiger partial charge < -0.3 is 18.8 Å². The smallest absolute Gasteiger partial charge is 0.337 e. The molecule has 1 aromatic carbocycles. The summed E-state index contributed by atoms with van der Waals surface area (Å²) in [5.74, 6) is -0.571. The van der Waals surface area contributed by atoms with E-state index in [-0.39, 0.29) is 5.91 Å². The van der Waals surface area contributed by atoms with Crippen LogP contribution in [0.3, 0.4) is 0 Å². The standard InChI is InChI=1S/C17H19NO5/c1-21-10-8-18(11-13-7-9-23-12-13)16(19)14-3-5-15(6-4-14)17(20)22-2/h3-7,9,12H,8,10-11H2,1-2H3. The van der Waals surface area contributed by atoms with Crippen LogP contribution in [0, 0.1) is 0 Å². The molecule has 2 rings (SSSR count). The second-order valence-electron chi connectivity index (χ2n) is 4.92. The van der Waals surface area contributed by atoms with Gasteiger partial charge in [0, 0.05) is 31.3 Å². The minimum atomic E-state index is -0.432. The molecule has 1 aromatic heterocycles. The van der Waals surface area contributed by atoms with Gasteiger partial charge in [0.1, 0.15) is 0 Å². The second kappa shape index (κ2) is 8.14. The zero-order valence-corrected chi connectivity index (χ0v) is 13.2. The van der Waals surface area contributed by atoms with Crippen molar-refractivity contribution < 1.29 is 23.5 Å². The number of ether oxygens (including phenoxy) is 2. The van der Waals surface area contributed by atoms with Crippen LogP contribution in [0.15, 0.2) is 47.3 Å². The molecule has 0 saturated heterocycles. The molecule has 1 heterocycles. The van der Waals surface area contributed by atoms with Gasteiger partial charge in [-0.05, 0) is 30.3 Å². The van der Waals surface area contributed by atoms with E-state index in [1.54, 1.807) is 48.8 Å². The fourth-order valence-electron chi connectivity index (χ4n) is 2.11. The predicted molar refractivity (Wildman–Crippen MR) is 83.1 cm³/mol. The maximum Gasteiger partial charge on any atom is 0.337 e. The molecular formula is C17H19NO5. The lowest BCUT2D eigenvalue weighted by Crippen LogP contribution is -2.33. The van der Waals surface area contributed by atoms with E-state index in [1.807, 2.05) is 6.07 Å². The monoisotopic (exact) mass is 317 g/mol. The number of carbonyl (C=O) groups excluding carboxylic acids is 2. The van der Waals surface area contributed by atoms with Gasteiger partial charge in [0.2, 0.25) is 0 Å². The van der Waals surface area contributed by atoms with Gasteiger partial charge in [0.15, 0.2) is 0 Å². The van der Waals surface area contributed by atoms with Crippen LogP contribution in [-0.2, 0) is 16.0 Å². The van der Waals surface area contributed by atoms with E-state index in [2.05, 4.69) is 4.74 Å². The van der Waals surface area contributed by atoms with Gasteiger partial charge in [-0.3, -0.25) is 4.79 Å². The van der Waals surface area contributed by atoms with Gasteiger partial charge in [-0.2, -0.15) is 0 Å². The molecule has 0 aliphatic carbocycles. The van der Waals surface area contributed by atoms with E-state index < -0.39 is 5.97 Å². The largest absolute Gasteiger partial charge is 0.472 e. The van der Waals surface area contributed by atoms with E-state index in [4.69, 9.17) is 9.15 Å². The maximum absolute atomic E-state index is 12.7. The predicted octanol–water partition coefficient (Wildman–Crippen LogP) is 2.36. The first-order chi connectivity index (χ1) is 11.2. The highest BCUT2D eigenvalue weighted by molar-refractivity contribution is 5.96. The molecule has 0 aliphatic heterocycles. The molecule has 2 aromatic rings. The molecule has 0 bridgehead atoms. The fraction of sp³-hybridized carbons (Fsp3) is 0.294. The van der Waals surface area contributed by atoms with Gasteiger partial charge in [0.05, 0.1) is 31.8 Å². The third kappa shape index (κ3) is 4.43.